The first-order valence-corrected chi connectivity index (χ1v) is 4.97. The lowest BCUT2D eigenvalue weighted by Gasteiger charge is -2.10. The van der Waals surface area contributed by atoms with Crippen molar-refractivity contribution in [1.29, 1.82) is 0 Å². The van der Waals surface area contributed by atoms with Crippen LogP contribution in [0.25, 0.3) is 11.1 Å². The fraction of sp³-hybridized carbons (Fsp3) is 0.250. The molecule has 0 bridgehead atoms. The van der Waals surface area contributed by atoms with Crippen LogP contribution in [0.5, 0.6) is 0 Å². The number of nitrogen functional groups attached to an aromatic ring is 1. The van der Waals surface area contributed by atoms with E-state index in [1.807, 2.05) is 0 Å². The van der Waals surface area contributed by atoms with Gasteiger partial charge in [0.2, 0.25) is 0 Å². The molecule has 0 saturated heterocycles. The molecule has 3 nitrogen and oxygen atoms in total. The van der Waals surface area contributed by atoms with Gasteiger partial charge in [-0.15, -0.1) is 0 Å². The Morgan fingerprint density at radius 1 is 1.07 bits per heavy atom. The molecule has 0 aliphatic carbocycles. The monoisotopic (exact) mass is 201 g/mol. The average molecular weight is 201 g/mol. The van der Waals surface area contributed by atoms with Gasteiger partial charge in [0.15, 0.2) is 0 Å². The van der Waals surface area contributed by atoms with Crippen molar-refractivity contribution >= 4 is 5.82 Å². The normalized spacial score (nSPS) is 10.6. The Morgan fingerprint density at radius 2 is 1.80 bits per heavy atom. The van der Waals surface area contributed by atoms with Crippen LogP contribution in [-0.4, -0.2) is 10.2 Å². The lowest BCUT2D eigenvalue weighted by Crippen LogP contribution is -1.93. The van der Waals surface area contributed by atoms with E-state index in [-0.39, 0.29) is 0 Å². The standard InChI is InChI=1S/C12H15N3/c1-7-4-5-10(9(3)8(7)2)11-6-14-15-12(11)13/h4-6H,1-3H3,(H3,13,14,15). The summed E-state index contributed by atoms with van der Waals surface area (Å²) in [6.07, 6.45) is 1.77. The third-order valence-corrected chi connectivity index (χ3v) is 3.02. The zero-order valence-corrected chi connectivity index (χ0v) is 9.26. The number of aromatic nitrogens is 2. The van der Waals surface area contributed by atoms with Gasteiger partial charge in [-0.1, -0.05) is 12.1 Å². The number of H-pyrrole nitrogens is 1. The molecule has 3 N–H and O–H groups in total. The van der Waals surface area contributed by atoms with Crippen molar-refractivity contribution in [2.75, 3.05) is 5.73 Å². The molecule has 15 heavy (non-hydrogen) atoms. The van der Waals surface area contributed by atoms with Crippen molar-refractivity contribution in [3.8, 4) is 11.1 Å². The van der Waals surface area contributed by atoms with Crippen LogP contribution in [-0.2, 0) is 0 Å². The third-order valence-electron chi connectivity index (χ3n) is 3.02. The van der Waals surface area contributed by atoms with E-state index in [1.54, 1.807) is 6.20 Å². The first kappa shape index (κ1) is 9.77. The largest absolute Gasteiger partial charge is 0.384 e. The summed E-state index contributed by atoms with van der Waals surface area (Å²) in [4.78, 5) is 0. The Balaban J connectivity index is 2.65. The topological polar surface area (TPSA) is 54.7 Å². The first-order valence-electron chi connectivity index (χ1n) is 4.97. The van der Waals surface area contributed by atoms with Crippen LogP contribution in [0.3, 0.4) is 0 Å². The van der Waals surface area contributed by atoms with E-state index in [0.29, 0.717) is 5.82 Å². The molecule has 0 amide bonds. The number of aryl methyl sites for hydroxylation is 1. The second-order valence-electron chi connectivity index (χ2n) is 3.88. The maximum Gasteiger partial charge on any atom is 0.126 e. The highest BCUT2D eigenvalue weighted by atomic mass is 15.1. The van der Waals surface area contributed by atoms with Crippen LogP contribution in [0.2, 0.25) is 0 Å². The summed E-state index contributed by atoms with van der Waals surface area (Å²) in [5.41, 5.74) is 11.8. The van der Waals surface area contributed by atoms with Gasteiger partial charge in [-0.3, -0.25) is 5.10 Å². The number of nitrogens with two attached hydrogens (primary N) is 1. The van der Waals surface area contributed by atoms with Crippen molar-refractivity contribution < 1.29 is 0 Å². The predicted molar refractivity (Wildman–Crippen MR) is 62.6 cm³/mol. The summed E-state index contributed by atoms with van der Waals surface area (Å²) in [7, 11) is 0. The number of hydrogen-bond donors (Lipinski definition) is 2. The van der Waals surface area contributed by atoms with Gasteiger partial charge in [0.25, 0.3) is 0 Å². The zero-order valence-electron chi connectivity index (χ0n) is 9.26. The summed E-state index contributed by atoms with van der Waals surface area (Å²) < 4.78 is 0. The molecule has 0 unspecified atom stereocenters. The molecule has 78 valence electrons. The molecule has 0 radical (unpaired) electrons. The number of nitrogens with one attached hydrogen (secondary N) is 1. The summed E-state index contributed by atoms with van der Waals surface area (Å²) in [6.45, 7) is 6.36. The number of rotatable bonds is 1. The van der Waals surface area contributed by atoms with Gasteiger partial charge in [0.05, 0.1) is 6.20 Å². The maximum atomic E-state index is 5.81. The Kier molecular flexibility index (Phi) is 2.23. The molecule has 1 aromatic heterocycles. The lowest BCUT2D eigenvalue weighted by atomic mass is 9.95. The minimum atomic E-state index is 0.626. The van der Waals surface area contributed by atoms with Gasteiger partial charge in [-0.25, -0.2) is 0 Å². The van der Waals surface area contributed by atoms with Gasteiger partial charge in [0.1, 0.15) is 5.82 Å². The highest BCUT2D eigenvalue weighted by Gasteiger charge is 2.09. The Labute approximate surface area is 89.3 Å². The van der Waals surface area contributed by atoms with Crippen LogP contribution in [0, 0.1) is 20.8 Å². The van der Waals surface area contributed by atoms with Gasteiger partial charge in [-0.05, 0) is 43.0 Å². The fourth-order valence-corrected chi connectivity index (χ4v) is 1.76. The molecule has 0 fully saturated rings. The number of anilines is 1. The molecule has 1 aromatic carbocycles. The fourth-order valence-electron chi connectivity index (χ4n) is 1.76. The van der Waals surface area contributed by atoms with Crippen molar-refractivity contribution in [2.24, 2.45) is 0 Å². The molecule has 0 atom stereocenters. The van der Waals surface area contributed by atoms with Crippen LogP contribution in [0.1, 0.15) is 16.7 Å². The van der Waals surface area contributed by atoms with Crippen molar-refractivity contribution in [3.05, 3.63) is 35.0 Å². The van der Waals surface area contributed by atoms with Crippen LogP contribution in [0.4, 0.5) is 5.82 Å². The number of benzene rings is 1. The molecule has 2 rings (SSSR count). The second kappa shape index (κ2) is 3.42. The van der Waals surface area contributed by atoms with E-state index in [9.17, 15) is 0 Å². The van der Waals surface area contributed by atoms with Crippen molar-refractivity contribution in [1.82, 2.24) is 10.2 Å². The second-order valence-corrected chi connectivity index (χ2v) is 3.88. The molecular weight excluding hydrogens is 186 g/mol. The predicted octanol–water partition coefficient (Wildman–Crippen LogP) is 2.58. The smallest absolute Gasteiger partial charge is 0.126 e. The highest BCUT2D eigenvalue weighted by molar-refractivity contribution is 5.76. The Hall–Kier alpha value is -1.77. The molecule has 0 saturated carbocycles. The molecular formula is C12H15N3. The van der Waals surface area contributed by atoms with Crippen molar-refractivity contribution in [2.45, 2.75) is 20.8 Å². The van der Waals surface area contributed by atoms with Crippen molar-refractivity contribution in [3.63, 3.8) is 0 Å². The van der Waals surface area contributed by atoms with Gasteiger partial charge >= 0.3 is 0 Å². The molecule has 1 heterocycles. The van der Waals surface area contributed by atoms with E-state index in [0.717, 1.165) is 11.1 Å². The minimum absolute atomic E-state index is 0.626. The van der Waals surface area contributed by atoms with Gasteiger partial charge < -0.3 is 5.73 Å². The molecule has 2 aromatic rings. The van der Waals surface area contributed by atoms with E-state index in [4.69, 9.17) is 5.73 Å². The molecule has 0 aliphatic rings. The Morgan fingerprint density at radius 3 is 2.40 bits per heavy atom. The third kappa shape index (κ3) is 1.50. The SMILES string of the molecule is Cc1ccc(-c2cn[nH]c2N)c(C)c1C. The molecule has 3 heteroatoms. The van der Waals surface area contributed by atoms with Gasteiger partial charge in [0, 0.05) is 5.56 Å². The van der Waals surface area contributed by atoms with E-state index in [1.165, 1.54) is 16.7 Å². The summed E-state index contributed by atoms with van der Waals surface area (Å²) in [6, 6.07) is 4.21. The summed E-state index contributed by atoms with van der Waals surface area (Å²) >= 11 is 0. The number of aromatic amines is 1. The summed E-state index contributed by atoms with van der Waals surface area (Å²) in [5.74, 6) is 0.626. The van der Waals surface area contributed by atoms with Crippen LogP contribution < -0.4 is 5.73 Å². The van der Waals surface area contributed by atoms with E-state index in [2.05, 4.69) is 43.1 Å². The highest BCUT2D eigenvalue weighted by Crippen LogP contribution is 2.29. The zero-order chi connectivity index (χ0) is 11.0. The van der Waals surface area contributed by atoms with E-state index >= 15 is 0 Å². The first-order chi connectivity index (χ1) is 7.11. The van der Waals surface area contributed by atoms with Gasteiger partial charge in [-0.2, -0.15) is 5.10 Å². The molecule has 0 spiro atoms. The van der Waals surface area contributed by atoms with Crippen LogP contribution in [0.15, 0.2) is 18.3 Å². The van der Waals surface area contributed by atoms with Crippen LogP contribution >= 0.6 is 0 Å². The summed E-state index contributed by atoms with van der Waals surface area (Å²) in [5, 5.41) is 6.70. The number of nitrogens with zero attached hydrogens (tertiary/aromatic N) is 1. The Bertz CT molecular complexity index is 498. The lowest BCUT2D eigenvalue weighted by molar-refractivity contribution is 1.10. The van der Waals surface area contributed by atoms with E-state index < -0.39 is 0 Å². The minimum Gasteiger partial charge on any atom is -0.384 e. The maximum absolute atomic E-state index is 5.81. The molecule has 0 aliphatic heterocycles. The average Bonchev–Trinajstić information content (AvgIpc) is 2.62. The quantitative estimate of drug-likeness (QED) is 0.745. The number of hydrogen-bond acceptors (Lipinski definition) is 2.